The molecule has 0 saturated heterocycles. The Morgan fingerprint density at radius 1 is 1.47 bits per heavy atom. The fourth-order valence-corrected chi connectivity index (χ4v) is 1.86. The molecule has 19 heavy (non-hydrogen) atoms. The van der Waals surface area contributed by atoms with Crippen molar-refractivity contribution in [2.24, 2.45) is 7.05 Å². The Balaban J connectivity index is 2.14. The van der Waals surface area contributed by atoms with Crippen LogP contribution >= 0.6 is 0 Å². The molecule has 0 unspecified atom stereocenters. The van der Waals surface area contributed by atoms with E-state index < -0.39 is 0 Å². The lowest BCUT2D eigenvalue weighted by Gasteiger charge is -2.17. The third kappa shape index (κ3) is 2.90. The van der Waals surface area contributed by atoms with Gasteiger partial charge in [0.05, 0.1) is 11.8 Å². The molecular weight excluding hydrogens is 242 g/mol. The maximum atomic E-state index is 12.3. The minimum absolute atomic E-state index is 0.145. The quantitative estimate of drug-likeness (QED) is 0.891. The predicted octanol–water partition coefficient (Wildman–Crippen LogP) is 0.978. The van der Waals surface area contributed by atoms with Gasteiger partial charge in [-0.1, -0.05) is 0 Å². The Kier molecular flexibility index (Phi) is 3.50. The number of carbonyl (C=O) groups is 1. The first kappa shape index (κ1) is 13.1. The van der Waals surface area contributed by atoms with Crippen LogP contribution in [0.25, 0.3) is 0 Å². The van der Waals surface area contributed by atoms with E-state index in [0.717, 1.165) is 11.3 Å². The summed E-state index contributed by atoms with van der Waals surface area (Å²) in [5.41, 5.74) is 8.50. The molecular formula is C13H17N5O. The summed E-state index contributed by atoms with van der Waals surface area (Å²) in [5.74, 6) is -0.145. The highest BCUT2D eigenvalue weighted by Crippen LogP contribution is 2.14. The zero-order valence-electron chi connectivity index (χ0n) is 11.3. The summed E-state index contributed by atoms with van der Waals surface area (Å²) >= 11 is 0. The Labute approximate surface area is 111 Å². The maximum Gasteiger partial charge on any atom is 0.257 e. The van der Waals surface area contributed by atoms with Crippen LogP contribution < -0.4 is 5.73 Å². The van der Waals surface area contributed by atoms with Gasteiger partial charge < -0.3 is 10.6 Å². The van der Waals surface area contributed by atoms with Crippen LogP contribution in [-0.2, 0) is 13.6 Å². The van der Waals surface area contributed by atoms with Gasteiger partial charge in [0.2, 0.25) is 0 Å². The third-order valence-electron chi connectivity index (χ3n) is 2.83. The summed E-state index contributed by atoms with van der Waals surface area (Å²) < 4.78 is 1.70. The van der Waals surface area contributed by atoms with Gasteiger partial charge in [-0.3, -0.25) is 14.5 Å². The van der Waals surface area contributed by atoms with Gasteiger partial charge in [-0.2, -0.15) is 5.10 Å². The van der Waals surface area contributed by atoms with E-state index in [0.29, 0.717) is 17.8 Å². The number of nitrogens with two attached hydrogens (primary N) is 1. The number of hydrogen-bond donors (Lipinski definition) is 1. The van der Waals surface area contributed by atoms with Crippen LogP contribution in [0.4, 0.5) is 5.69 Å². The molecule has 0 fully saturated rings. The second-order valence-electron chi connectivity index (χ2n) is 4.60. The van der Waals surface area contributed by atoms with Crippen molar-refractivity contribution < 1.29 is 4.79 Å². The summed E-state index contributed by atoms with van der Waals surface area (Å²) in [6, 6.07) is 1.70. The molecule has 6 nitrogen and oxygen atoms in total. The predicted molar refractivity (Wildman–Crippen MR) is 72.4 cm³/mol. The van der Waals surface area contributed by atoms with Crippen molar-refractivity contribution in [3.63, 3.8) is 0 Å². The number of aromatic nitrogens is 3. The van der Waals surface area contributed by atoms with Crippen molar-refractivity contribution >= 4 is 11.6 Å². The van der Waals surface area contributed by atoms with Gasteiger partial charge in [-0.25, -0.2) is 0 Å². The van der Waals surface area contributed by atoms with E-state index in [1.165, 1.54) is 6.20 Å². The van der Waals surface area contributed by atoms with Gasteiger partial charge in [0.25, 0.3) is 5.91 Å². The lowest BCUT2D eigenvalue weighted by Crippen LogP contribution is -2.27. The van der Waals surface area contributed by atoms with E-state index >= 15 is 0 Å². The van der Waals surface area contributed by atoms with Crippen molar-refractivity contribution in [2.75, 3.05) is 12.8 Å². The molecule has 0 atom stereocenters. The molecule has 0 saturated carbocycles. The monoisotopic (exact) mass is 259 g/mol. The summed E-state index contributed by atoms with van der Waals surface area (Å²) in [4.78, 5) is 18.0. The summed E-state index contributed by atoms with van der Waals surface area (Å²) in [7, 11) is 3.57. The molecule has 2 aromatic heterocycles. The van der Waals surface area contributed by atoms with Crippen LogP contribution in [0.1, 0.15) is 21.6 Å². The van der Waals surface area contributed by atoms with Crippen LogP contribution in [0, 0.1) is 6.92 Å². The van der Waals surface area contributed by atoms with Gasteiger partial charge >= 0.3 is 0 Å². The molecule has 2 rings (SSSR count). The lowest BCUT2D eigenvalue weighted by atomic mass is 10.2. The molecule has 0 aliphatic carbocycles. The second-order valence-corrected chi connectivity index (χ2v) is 4.60. The lowest BCUT2D eigenvalue weighted by molar-refractivity contribution is 0.0785. The normalized spacial score (nSPS) is 10.5. The number of rotatable bonds is 3. The topological polar surface area (TPSA) is 77.0 Å². The Morgan fingerprint density at radius 3 is 2.79 bits per heavy atom. The maximum absolute atomic E-state index is 12.3. The zero-order valence-corrected chi connectivity index (χ0v) is 11.3. The molecule has 0 spiro atoms. The Hall–Kier alpha value is -2.37. The fraction of sp³-hybridized carbons (Fsp3) is 0.308. The molecule has 100 valence electrons. The van der Waals surface area contributed by atoms with E-state index in [4.69, 9.17) is 5.73 Å². The van der Waals surface area contributed by atoms with Gasteiger partial charge in [0.1, 0.15) is 0 Å². The van der Waals surface area contributed by atoms with Crippen LogP contribution in [0.2, 0.25) is 0 Å². The first-order chi connectivity index (χ1) is 8.97. The first-order valence-corrected chi connectivity index (χ1v) is 5.92. The molecule has 0 bridgehead atoms. The van der Waals surface area contributed by atoms with Gasteiger partial charge in [0, 0.05) is 50.0 Å². The Morgan fingerprint density at radius 2 is 2.21 bits per heavy atom. The van der Waals surface area contributed by atoms with Gasteiger partial charge in [-0.05, 0) is 13.0 Å². The Bertz CT molecular complexity index is 605. The molecule has 2 heterocycles. The molecule has 6 heteroatoms. The van der Waals surface area contributed by atoms with Crippen molar-refractivity contribution in [1.82, 2.24) is 19.7 Å². The minimum Gasteiger partial charge on any atom is -0.398 e. The highest BCUT2D eigenvalue weighted by atomic mass is 16.2. The molecule has 0 aliphatic rings. The average molecular weight is 259 g/mol. The number of amides is 1. The summed E-state index contributed by atoms with van der Waals surface area (Å²) in [5, 5.41) is 4.07. The van der Waals surface area contributed by atoms with Crippen LogP contribution in [-0.4, -0.2) is 32.6 Å². The van der Waals surface area contributed by atoms with E-state index in [1.54, 1.807) is 28.9 Å². The van der Waals surface area contributed by atoms with E-state index in [-0.39, 0.29) is 5.91 Å². The largest absolute Gasteiger partial charge is 0.398 e. The average Bonchev–Trinajstić information content (AvgIpc) is 2.74. The SMILES string of the molecule is Cc1cc(N)c(C(=O)N(C)Cc2cnn(C)c2)cn1. The standard InChI is InChI=1S/C13H17N5O/c1-9-4-12(14)11(6-15-9)13(19)17(2)7-10-5-16-18(3)8-10/h4-6,8H,7H2,1-3H3,(H2,14,15). The summed E-state index contributed by atoms with van der Waals surface area (Å²) in [6.07, 6.45) is 5.13. The van der Waals surface area contributed by atoms with Crippen LogP contribution in [0.5, 0.6) is 0 Å². The number of aryl methyl sites for hydroxylation is 2. The fourth-order valence-electron chi connectivity index (χ4n) is 1.86. The first-order valence-electron chi connectivity index (χ1n) is 5.92. The number of pyridine rings is 1. The molecule has 1 amide bonds. The number of carbonyl (C=O) groups excluding carboxylic acids is 1. The number of hydrogen-bond acceptors (Lipinski definition) is 4. The smallest absolute Gasteiger partial charge is 0.257 e. The highest BCUT2D eigenvalue weighted by molar-refractivity contribution is 5.98. The van der Waals surface area contributed by atoms with E-state index in [2.05, 4.69) is 10.1 Å². The molecule has 0 radical (unpaired) electrons. The molecule has 0 aliphatic heterocycles. The van der Waals surface area contributed by atoms with Crippen LogP contribution in [0.3, 0.4) is 0 Å². The zero-order chi connectivity index (χ0) is 14.0. The third-order valence-corrected chi connectivity index (χ3v) is 2.83. The van der Waals surface area contributed by atoms with Crippen molar-refractivity contribution in [3.8, 4) is 0 Å². The van der Waals surface area contributed by atoms with Gasteiger partial charge in [0.15, 0.2) is 0 Å². The highest BCUT2D eigenvalue weighted by Gasteiger charge is 2.16. The number of nitrogens with zero attached hydrogens (tertiary/aromatic N) is 4. The van der Waals surface area contributed by atoms with E-state index in [9.17, 15) is 4.79 Å². The number of nitrogen functional groups attached to an aromatic ring is 1. The van der Waals surface area contributed by atoms with Gasteiger partial charge in [-0.15, -0.1) is 0 Å². The van der Waals surface area contributed by atoms with Crippen molar-refractivity contribution in [1.29, 1.82) is 0 Å². The molecule has 2 N–H and O–H groups in total. The second kappa shape index (κ2) is 5.09. The van der Waals surface area contributed by atoms with Crippen molar-refractivity contribution in [2.45, 2.75) is 13.5 Å². The summed E-state index contributed by atoms with van der Waals surface area (Å²) in [6.45, 7) is 2.32. The number of anilines is 1. The van der Waals surface area contributed by atoms with Crippen LogP contribution in [0.15, 0.2) is 24.7 Å². The molecule has 0 aromatic carbocycles. The molecule has 2 aromatic rings. The minimum atomic E-state index is -0.145. The van der Waals surface area contributed by atoms with Crippen molar-refractivity contribution in [3.05, 3.63) is 41.5 Å². The van der Waals surface area contributed by atoms with E-state index in [1.807, 2.05) is 20.2 Å².